The summed E-state index contributed by atoms with van der Waals surface area (Å²) in [6.45, 7) is 3.18. The van der Waals surface area contributed by atoms with E-state index in [9.17, 15) is 4.79 Å². The Morgan fingerprint density at radius 1 is 1.12 bits per heavy atom. The molecule has 5 heteroatoms. The standard InChI is InChI=1S/C19H21NO4/c1-13(20-11-15-4-7-16(8-5-15)19(21)22)2-3-14-6-9-17-18(10-14)24-12-23-17/h4-10,13,20H,2-3,11-12H2,1H3,(H,21,22). The first kappa shape index (κ1) is 16.3. The molecule has 0 saturated carbocycles. The van der Waals surface area contributed by atoms with Crippen LogP contribution in [0.4, 0.5) is 0 Å². The molecule has 126 valence electrons. The Bertz CT molecular complexity index is 712. The molecule has 0 bridgehead atoms. The maximum Gasteiger partial charge on any atom is 0.335 e. The van der Waals surface area contributed by atoms with E-state index in [2.05, 4.69) is 18.3 Å². The summed E-state index contributed by atoms with van der Waals surface area (Å²) in [5.74, 6) is 0.743. The van der Waals surface area contributed by atoms with Crippen LogP contribution in [0.25, 0.3) is 0 Å². The maximum absolute atomic E-state index is 10.8. The third-order valence-corrected chi connectivity index (χ3v) is 4.16. The van der Waals surface area contributed by atoms with Crippen LogP contribution in [0.1, 0.15) is 34.8 Å². The van der Waals surface area contributed by atoms with E-state index < -0.39 is 5.97 Å². The summed E-state index contributed by atoms with van der Waals surface area (Å²) in [7, 11) is 0. The largest absolute Gasteiger partial charge is 0.478 e. The molecule has 1 aliphatic heterocycles. The van der Waals surface area contributed by atoms with Gasteiger partial charge in [-0.25, -0.2) is 4.79 Å². The van der Waals surface area contributed by atoms with Crippen molar-refractivity contribution in [3.63, 3.8) is 0 Å². The van der Waals surface area contributed by atoms with Gasteiger partial charge < -0.3 is 19.9 Å². The van der Waals surface area contributed by atoms with Gasteiger partial charge in [-0.05, 0) is 55.2 Å². The molecule has 2 aromatic rings. The number of fused-ring (bicyclic) bond motifs is 1. The predicted molar refractivity (Wildman–Crippen MR) is 90.6 cm³/mol. The van der Waals surface area contributed by atoms with Crippen LogP contribution in [0.15, 0.2) is 42.5 Å². The Labute approximate surface area is 141 Å². The summed E-state index contributed by atoms with van der Waals surface area (Å²) >= 11 is 0. The highest BCUT2D eigenvalue weighted by molar-refractivity contribution is 5.87. The van der Waals surface area contributed by atoms with E-state index in [0.717, 1.165) is 36.4 Å². The highest BCUT2D eigenvalue weighted by Gasteiger charge is 2.13. The Morgan fingerprint density at radius 3 is 2.58 bits per heavy atom. The summed E-state index contributed by atoms with van der Waals surface area (Å²) < 4.78 is 10.7. The van der Waals surface area contributed by atoms with Crippen LogP contribution < -0.4 is 14.8 Å². The molecule has 0 amide bonds. The fourth-order valence-corrected chi connectivity index (χ4v) is 2.64. The highest BCUT2D eigenvalue weighted by atomic mass is 16.7. The number of rotatable bonds is 7. The van der Waals surface area contributed by atoms with Crippen molar-refractivity contribution in [2.24, 2.45) is 0 Å². The van der Waals surface area contributed by atoms with Crippen LogP contribution >= 0.6 is 0 Å². The molecule has 24 heavy (non-hydrogen) atoms. The van der Waals surface area contributed by atoms with Gasteiger partial charge in [0.25, 0.3) is 0 Å². The van der Waals surface area contributed by atoms with Gasteiger partial charge in [0, 0.05) is 12.6 Å². The summed E-state index contributed by atoms with van der Waals surface area (Å²) in [6.07, 6.45) is 1.97. The Kier molecular flexibility index (Phi) is 5.01. The molecule has 0 fully saturated rings. The summed E-state index contributed by atoms with van der Waals surface area (Å²) in [6, 6.07) is 13.4. The zero-order valence-corrected chi connectivity index (χ0v) is 13.6. The quantitative estimate of drug-likeness (QED) is 0.817. The zero-order chi connectivity index (χ0) is 16.9. The second-order valence-corrected chi connectivity index (χ2v) is 6.01. The number of hydrogen-bond donors (Lipinski definition) is 2. The van der Waals surface area contributed by atoms with Gasteiger partial charge in [0.05, 0.1) is 5.56 Å². The number of carboxylic acid groups (broad SMARTS) is 1. The van der Waals surface area contributed by atoms with Gasteiger partial charge in [0.15, 0.2) is 11.5 Å². The van der Waals surface area contributed by atoms with Crippen LogP contribution in [0, 0.1) is 0 Å². The fourth-order valence-electron chi connectivity index (χ4n) is 2.64. The van der Waals surface area contributed by atoms with Crippen molar-refractivity contribution in [1.29, 1.82) is 0 Å². The fraction of sp³-hybridized carbons (Fsp3) is 0.316. The summed E-state index contributed by atoms with van der Waals surface area (Å²) in [5, 5.41) is 12.4. The van der Waals surface area contributed by atoms with Crippen LogP contribution in [-0.4, -0.2) is 23.9 Å². The minimum absolute atomic E-state index is 0.303. The lowest BCUT2D eigenvalue weighted by Crippen LogP contribution is -2.26. The van der Waals surface area contributed by atoms with Crippen molar-refractivity contribution in [3.05, 3.63) is 59.2 Å². The molecule has 5 nitrogen and oxygen atoms in total. The molecule has 1 aliphatic rings. The lowest BCUT2D eigenvalue weighted by molar-refractivity contribution is 0.0697. The van der Waals surface area contributed by atoms with Crippen molar-refractivity contribution >= 4 is 5.97 Å². The van der Waals surface area contributed by atoms with Gasteiger partial charge in [0.1, 0.15) is 0 Å². The Hall–Kier alpha value is -2.53. The third kappa shape index (κ3) is 4.06. The molecule has 1 unspecified atom stereocenters. The minimum atomic E-state index is -0.897. The van der Waals surface area contributed by atoms with Gasteiger partial charge in [-0.3, -0.25) is 0 Å². The van der Waals surface area contributed by atoms with E-state index in [1.807, 2.05) is 24.3 Å². The van der Waals surface area contributed by atoms with Crippen molar-refractivity contribution in [3.8, 4) is 11.5 Å². The number of aryl methyl sites for hydroxylation is 1. The molecular weight excluding hydrogens is 306 g/mol. The monoisotopic (exact) mass is 327 g/mol. The van der Waals surface area contributed by atoms with E-state index in [0.29, 0.717) is 18.4 Å². The highest BCUT2D eigenvalue weighted by Crippen LogP contribution is 2.32. The molecule has 1 heterocycles. The van der Waals surface area contributed by atoms with Gasteiger partial charge in [0.2, 0.25) is 6.79 Å². The topological polar surface area (TPSA) is 67.8 Å². The van der Waals surface area contributed by atoms with Crippen LogP contribution in [-0.2, 0) is 13.0 Å². The lowest BCUT2D eigenvalue weighted by Gasteiger charge is -2.14. The number of benzene rings is 2. The van der Waals surface area contributed by atoms with Gasteiger partial charge in [-0.2, -0.15) is 0 Å². The van der Waals surface area contributed by atoms with Crippen molar-refractivity contribution in [1.82, 2.24) is 5.32 Å². The molecule has 1 atom stereocenters. The van der Waals surface area contributed by atoms with Crippen LogP contribution in [0.3, 0.4) is 0 Å². The molecule has 0 radical (unpaired) electrons. The molecule has 0 spiro atoms. The lowest BCUT2D eigenvalue weighted by atomic mass is 10.1. The first-order valence-electron chi connectivity index (χ1n) is 8.06. The summed E-state index contributed by atoms with van der Waals surface area (Å²) in [5.41, 5.74) is 2.63. The summed E-state index contributed by atoms with van der Waals surface area (Å²) in [4.78, 5) is 10.8. The average molecular weight is 327 g/mol. The normalized spacial score (nSPS) is 13.7. The SMILES string of the molecule is CC(CCc1ccc2c(c1)OCO2)NCc1ccc(C(=O)O)cc1. The van der Waals surface area contributed by atoms with E-state index in [1.165, 1.54) is 5.56 Å². The average Bonchev–Trinajstić information content (AvgIpc) is 3.06. The minimum Gasteiger partial charge on any atom is -0.478 e. The van der Waals surface area contributed by atoms with Crippen LogP contribution in [0.2, 0.25) is 0 Å². The van der Waals surface area contributed by atoms with Gasteiger partial charge in [-0.15, -0.1) is 0 Å². The molecule has 0 aliphatic carbocycles. The van der Waals surface area contributed by atoms with Gasteiger partial charge >= 0.3 is 5.97 Å². The molecule has 2 N–H and O–H groups in total. The number of carboxylic acids is 1. The van der Waals surface area contributed by atoms with Crippen LogP contribution in [0.5, 0.6) is 11.5 Å². The second kappa shape index (κ2) is 7.36. The first-order chi connectivity index (χ1) is 11.6. The number of hydrogen-bond acceptors (Lipinski definition) is 4. The van der Waals surface area contributed by atoms with E-state index in [4.69, 9.17) is 14.6 Å². The van der Waals surface area contributed by atoms with Crippen molar-refractivity contribution < 1.29 is 19.4 Å². The number of nitrogens with one attached hydrogen (secondary N) is 1. The smallest absolute Gasteiger partial charge is 0.335 e. The van der Waals surface area contributed by atoms with E-state index >= 15 is 0 Å². The Morgan fingerprint density at radius 2 is 1.83 bits per heavy atom. The third-order valence-electron chi connectivity index (χ3n) is 4.16. The molecule has 0 aromatic heterocycles. The number of ether oxygens (including phenoxy) is 2. The molecule has 0 saturated heterocycles. The van der Waals surface area contributed by atoms with Gasteiger partial charge in [-0.1, -0.05) is 18.2 Å². The zero-order valence-electron chi connectivity index (χ0n) is 13.6. The molecular formula is C19H21NO4. The Balaban J connectivity index is 1.45. The predicted octanol–water partition coefficient (Wildman–Crippen LogP) is 3.22. The van der Waals surface area contributed by atoms with E-state index in [1.54, 1.807) is 12.1 Å². The number of aromatic carboxylic acids is 1. The van der Waals surface area contributed by atoms with Crippen molar-refractivity contribution in [2.45, 2.75) is 32.4 Å². The molecule has 3 rings (SSSR count). The second-order valence-electron chi connectivity index (χ2n) is 6.01. The van der Waals surface area contributed by atoms with E-state index in [-0.39, 0.29) is 0 Å². The first-order valence-corrected chi connectivity index (χ1v) is 8.06. The molecule has 2 aromatic carbocycles. The number of carbonyl (C=O) groups is 1. The van der Waals surface area contributed by atoms with Crippen molar-refractivity contribution in [2.75, 3.05) is 6.79 Å². The maximum atomic E-state index is 10.8.